The van der Waals surface area contributed by atoms with E-state index < -0.39 is 0 Å². The molecule has 0 amide bonds. The fourth-order valence-corrected chi connectivity index (χ4v) is 2.38. The van der Waals surface area contributed by atoms with Crippen molar-refractivity contribution < 1.29 is 4.74 Å². The lowest BCUT2D eigenvalue weighted by molar-refractivity contribution is 0.403. The molecule has 1 atom stereocenters. The van der Waals surface area contributed by atoms with Crippen LogP contribution in [-0.4, -0.2) is 16.7 Å². The highest BCUT2D eigenvalue weighted by Gasteiger charge is 2.17. The zero-order valence-corrected chi connectivity index (χ0v) is 12.0. The van der Waals surface area contributed by atoms with Crippen molar-refractivity contribution in [3.8, 4) is 5.75 Å². The summed E-state index contributed by atoms with van der Waals surface area (Å²) in [5.41, 5.74) is 3.98. The highest BCUT2D eigenvalue weighted by atomic mass is 16.5. The molecule has 0 aliphatic carbocycles. The van der Waals surface area contributed by atoms with Gasteiger partial charge in [0.25, 0.3) is 0 Å². The molecule has 20 heavy (non-hydrogen) atoms. The lowest BCUT2D eigenvalue weighted by Gasteiger charge is -2.18. The number of ether oxygens (including phenoxy) is 1. The van der Waals surface area contributed by atoms with E-state index in [-0.39, 0.29) is 6.04 Å². The SMILES string of the molecule is CCCn1ccnc1C(Cc1ccccc1OC)NN. The van der Waals surface area contributed by atoms with E-state index in [1.807, 2.05) is 30.6 Å². The monoisotopic (exact) mass is 274 g/mol. The first-order valence-corrected chi connectivity index (χ1v) is 6.89. The number of nitrogens with zero attached hydrogens (tertiary/aromatic N) is 2. The van der Waals surface area contributed by atoms with Gasteiger partial charge in [0.1, 0.15) is 11.6 Å². The third-order valence-corrected chi connectivity index (χ3v) is 3.34. The second-order valence-electron chi connectivity index (χ2n) is 4.71. The van der Waals surface area contributed by atoms with Crippen LogP contribution in [0, 0.1) is 0 Å². The van der Waals surface area contributed by atoms with Gasteiger partial charge in [-0.15, -0.1) is 0 Å². The minimum absolute atomic E-state index is 0.0344. The van der Waals surface area contributed by atoms with Crippen molar-refractivity contribution in [2.24, 2.45) is 5.84 Å². The van der Waals surface area contributed by atoms with Crippen molar-refractivity contribution >= 4 is 0 Å². The van der Waals surface area contributed by atoms with Gasteiger partial charge >= 0.3 is 0 Å². The molecule has 0 fully saturated rings. The number of imidazole rings is 1. The second kappa shape index (κ2) is 7.07. The summed E-state index contributed by atoms with van der Waals surface area (Å²) in [6.45, 7) is 3.09. The van der Waals surface area contributed by atoms with Crippen molar-refractivity contribution in [2.45, 2.75) is 32.4 Å². The van der Waals surface area contributed by atoms with Gasteiger partial charge in [-0.1, -0.05) is 25.1 Å². The Labute approximate surface area is 119 Å². The summed E-state index contributed by atoms with van der Waals surface area (Å²) >= 11 is 0. The molecule has 1 unspecified atom stereocenters. The van der Waals surface area contributed by atoms with E-state index in [1.54, 1.807) is 7.11 Å². The quantitative estimate of drug-likeness (QED) is 0.599. The van der Waals surface area contributed by atoms with Gasteiger partial charge in [-0.3, -0.25) is 5.84 Å². The Morgan fingerprint density at radius 2 is 2.20 bits per heavy atom. The molecule has 0 saturated heterocycles. The summed E-state index contributed by atoms with van der Waals surface area (Å²) in [5.74, 6) is 7.56. The molecular formula is C15H22N4O. The molecule has 3 N–H and O–H groups in total. The molecule has 5 heteroatoms. The number of aromatic nitrogens is 2. The second-order valence-corrected chi connectivity index (χ2v) is 4.71. The van der Waals surface area contributed by atoms with Crippen molar-refractivity contribution in [3.63, 3.8) is 0 Å². The van der Waals surface area contributed by atoms with E-state index in [1.165, 1.54) is 0 Å². The molecule has 0 saturated carbocycles. The Balaban J connectivity index is 2.22. The predicted molar refractivity (Wildman–Crippen MR) is 79.3 cm³/mol. The molecule has 0 spiro atoms. The lowest BCUT2D eigenvalue weighted by atomic mass is 10.0. The largest absolute Gasteiger partial charge is 0.496 e. The van der Waals surface area contributed by atoms with Crippen LogP contribution in [0.4, 0.5) is 0 Å². The number of hydrogen-bond acceptors (Lipinski definition) is 4. The van der Waals surface area contributed by atoms with Gasteiger partial charge in [-0.05, 0) is 24.5 Å². The zero-order chi connectivity index (χ0) is 14.4. The first-order chi connectivity index (χ1) is 9.80. The van der Waals surface area contributed by atoms with Gasteiger partial charge in [-0.25, -0.2) is 10.4 Å². The summed E-state index contributed by atoms with van der Waals surface area (Å²) in [5, 5.41) is 0. The Kier molecular flexibility index (Phi) is 5.15. The van der Waals surface area contributed by atoms with Crippen LogP contribution in [0.1, 0.15) is 30.8 Å². The molecule has 0 bridgehead atoms. The van der Waals surface area contributed by atoms with E-state index in [9.17, 15) is 0 Å². The van der Waals surface area contributed by atoms with E-state index in [2.05, 4.69) is 28.0 Å². The van der Waals surface area contributed by atoms with Crippen molar-refractivity contribution in [1.29, 1.82) is 0 Å². The number of aryl methyl sites for hydroxylation is 1. The lowest BCUT2D eigenvalue weighted by Crippen LogP contribution is -2.32. The van der Waals surface area contributed by atoms with Crippen molar-refractivity contribution in [1.82, 2.24) is 15.0 Å². The third kappa shape index (κ3) is 3.18. The molecular weight excluding hydrogens is 252 g/mol. The van der Waals surface area contributed by atoms with Gasteiger partial charge in [-0.2, -0.15) is 0 Å². The molecule has 108 valence electrons. The summed E-state index contributed by atoms with van der Waals surface area (Å²) in [4.78, 5) is 4.44. The zero-order valence-electron chi connectivity index (χ0n) is 12.0. The summed E-state index contributed by atoms with van der Waals surface area (Å²) in [6, 6.07) is 7.94. The number of nitrogens with one attached hydrogen (secondary N) is 1. The normalized spacial score (nSPS) is 12.3. The minimum atomic E-state index is -0.0344. The fraction of sp³-hybridized carbons (Fsp3) is 0.400. The Morgan fingerprint density at radius 1 is 1.40 bits per heavy atom. The molecule has 1 heterocycles. The van der Waals surface area contributed by atoms with Crippen LogP contribution >= 0.6 is 0 Å². The maximum absolute atomic E-state index is 5.72. The smallest absolute Gasteiger partial charge is 0.127 e. The number of hydrogen-bond donors (Lipinski definition) is 2. The number of hydrazine groups is 1. The Morgan fingerprint density at radius 3 is 2.90 bits per heavy atom. The number of methoxy groups -OCH3 is 1. The number of benzene rings is 1. The highest BCUT2D eigenvalue weighted by Crippen LogP contribution is 2.24. The topological polar surface area (TPSA) is 65.1 Å². The number of rotatable bonds is 7. The maximum Gasteiger partial charge on any atom is 0.127 e. The van der Waals surface area contributed by atoms with Crippen molar-refractivity contribution in [2.75, 3.05) is 7.11 Å². The Bertz CT molecular complexity index is 538. The average molecular weight is 274 g/mol. The van der Waals surface area contributed by atoms with E-state index >= 15 is 0 Å². The third-order valence-electron chi connectivity index (χ3n) is 3.34. The molecule has 1 aromatic carbocycles. The van der Waals surface area contributed by atoms with Crippen LogP contribution in [-0.2, 0) is 13.0 Å². The average Bonchev–Trinajstić information content (AvgIpc) is 2.93. The predicted octanol–water partition coefficient (Wildman–Crippen LogP) is 2.05. The molecule has 0 aliphatic heterocycles. The van der Waals surface area contributed by atoms with Gasteiger partial charge < -0.3 is 9.30 Å². The van der Waals surface area contributed by atoms with E-state index in [4.69, 9.17) is 10.6 Å². The molecule has 1 aromatic heterocycles. The van der Waals surface area contributed by atoms with Gasteiger partial charge in [0.05, 0.1) is 13.2 Å². The first-order valence-electron chi connectivity index (χ1n) is 6.89. The maximum atomic E-state index is 5.72. The van der Waals surface area contributed by atoms with E-state index in [0.29, 0.717) is 0 Å². The summed E-state index contributed by atoms with van der Waals surface area (Å²) in [6.07, 6.45) is 5.61. The van der Waals surface area contributed by atoms with Crippen LogP contribution in [0.25, 0.3) is 0 Å². The van der Waals surface area contributed by atoms with Crippen LogP contribution < -0.4 is 16.0 Å². The summed E-state index contributed by atoms with van der Waals surface area (Å²) < 4.78 is 7.53. The molecule has 5 nitrogen and oxygen atoms in total. The van der Waals surface area contributed by atoms with Crippen LogP contribution in [0.3, 0.4) is 0 Å². The highest BCUT2D eigenvalue weighted by molar-refractivity contribution is 5.34. The minimum Gasteiger partial charge on any atom is -0.496 e. The van der Waals surface area contributed by atoms with Crippen LogP contribution in [0.5, 0.6) is 5.75 Å². The molecule has 0 aliphatic rings. The van der Waals surface area contributed by atoms with Crippen LogP contribution in [0.2, 0.25) is 0 Å². The number of para-hydroxylation sites is 1. The Hall–Kier alpha value is -1.85. The number of nitrogens with two attached hydrogens (primary N) is 1. The van der Waals surface area contributed by atoms with Gasteiger partial charge in [0, 0.05) is 18.9 Å². The van der Waals surface area contributed by atoms with Gasteiger partial charge in [0.15, 0.2) is 0 Å². The van der Waals surface area contributed by atoms with Gasteiger partial charge in [0.2, 0.25) is 0 Å². The summed E-state index contributed by atoms with van der Waals surface area (Å²) in [7, 11) is 1.68. The first kappa shape index (κ1) is 14.6. The molecule has 0 radical (unpaired) electrons. The molecule has 2 aromatic rings. The van der Waals surface area contributed by atoms with Crippen molar-refractivity contribution in [3.05, 3.63) is 48.0 Å². The standard InChI is InChI=1S/C15H22N4O/c1-3-9-19-10-8-17-15(19)13(18-16)11-12-6-4-5-7-14(12)20-2/h4-8,10,13,18H,3,9,11,16H2,1-2H3. The fourth-order valence-electron chi connectivity index (χ4n) is 2.38. The van der Waals surface area contributed by atoms with Crippen LogP contribution in [0.15, 0.2) is 36.7 Å². The molecule has 2 rings (SSSR count). The van der Waals surface area contributed by atoms with E-state index in [0.717, 1.165) is 36.5 Å².